The maximum Gasteiger partial charge on any atom is 0.259 e. The Labute approximate surface area is 218 Å². The number of fused-ring (bicyclic) bond motifs is 1. The fourth-order valence-electron chi connectivity index (χ4n) is 5.35. The molecule has 1 N–H and O–H groups in total. The number of anilines is 2. The van der Waals surface area contributed by atoms with Crippen molar-refractivity contribution in [2.75, 3.05) is 23.3 Å². The molecule has 2 aromatic heterocycles. The maximum absolute atomic E-state index is 13.5. The highest BCUT2D eigenvalue weighted by molar-refractivity contribution is 7.16. The lowest BCUT2D eigenvalue weighted by Gasteiger charge is -2.33. The first-order valence-electron chi connectivity index (χ1n) is 13.3. The van der Waals surface area contributed by atoms with Crippen LogP contribution in [0.25, 0.3) is 0 Å². The van der Waals surface area contributed by atoms with Crippen molar-refractivity contribution in [3.8, 4) is 0 Å². The van der Waals surface area contributed by atoms with Crippen molar-refractivity contribution in [3.05, 3.63) is 64.2 Å². The quantitative estimate of drug-likeness (QED) is 0.360. The van der Waals surface area contributed by atoms with E-state index < -0.39 is 0 Å². The summed E-state index contributed by atoms with van der Waals surface area (Å²) in [7, 11) is 0. The Morgan fingerprint density at radius 3 is 2.56 bits per heavy atom. The molecule has 36 heavy (non-hydrogen) atoms. The normalized spacial score (nSPS) is 18.8. The Bertz CT molecular complexity index is 1210. The summed E-state index contributed by atoms with van der Waals surface area (Å²) in [6.07, 6.45) is 9.79. The minimum absolute atomic E-state index is 0.0789. The van der Waals surface area contributed by atoms with Crippen LogP contribution in [0, 0.1) is 11.3 Å². The van der Waals surface area contributed by atoms with E-state index in [0.29, 0.717) is 5.92 Å². The summed E-state index contributed by atoms with van der Waals surface area (Å²) in [5.41, 5.74) is 2.94. The first kappa shape index (κ1) is 24.8. The second kappa shape index (κ2) is 10.6. The van der Waals surface area contributed by atoms with E-state index in [1.165, 1.54) is 36.1 Å². The molecular weight excluding hydrogens is 466 g/mol. The number of aliphatic imine (C=N–C) groups is 1. The third kappa shape index (κ3) is 5.59. The Balaban J connectivity index is 1.42. The molecule has 5 nitrogen and oxygen atoms in total. The molecule has 1 aliphatic carbocycles. The second-order valence-corrected chi connectivity index (χ2v) is 12.2. The molecule has 3 heterocycles. The SMILES string of the molecule is CC(C)(C)[C@@H]1CCc2c(sc(N=Cc3ccc(N4CCCCCC4)o3)c2C(=O)Nc2ccccc2)C1. The summed E-state index contributed by atoms with van der Waals surface area (Å²) >= 11 is 1.67. The Morgan fingerprint density at radius 2 is 1.83 bits per heavy atom. The lowest BCUT2D eigenvalue weighted by atomic mass is 9.72. The fraction of sp³-hybridized carbons (Fsp3) is 0.467. The minimum atomic E-state index is -0.0789. The highest BCUT2D eigenvalue weighted by Gasteiger charge is 2.33. The number of carbonyl (C=O) groups excluding carboxylic acids is 1. The topological polar surface area (TPSA) is 57.8 Å². The lowest BCUT2D eigenvalue weighted by Crippen LogP contribution is -2.27. The van der Waals surface area contributed by atoms with Crippen LogP contribution in [0.2, 0.25) is 0 Å². The summed E-state index contributed by atoms with van der Waals surface area (Å²) in [5, 5.41) is 3.87. The molecule has 0 bridgehead atoms. The van der Waals surface area contributed by atoms with E-state index in [1.54, 1.807) is 17.6 Å². The van der Waals surface area contributed by atoms with Crippen molar-refractivity contribution in [1.82, 2.24) is 0 Å². The fourth-order valence-corrected chi connectivity index (χ4v) is 6.61. The number of benzene rings is 1. The van der Waals surface area contributed by atoms with Gasteiger partial charge in [-0.05, 0) is 67.2 Å². The molecule has 6 heteroatoms. The molecule has 2 aliphatic rings. The third-order valence-corrected chi connectivity index (χ3v) is 8.73. The van der Waals surface area contributed by atoms with Crippen LogP contribution >= 0.6 is 11.3 Å². The van der Waals surface area contributed by atoms with Crippen LogP contribution in [-0.2, 0) is 12.8 Å². The van der Waals surface area contributed by atoms with Crippen LogP contribution in [0.3, 0.4) is 0 Å². The number of amides is 1. The molecule has 190 valence electrons. The van der Waals surface area contributed by atoms with Crippen LogP contribution in [0.5, 0.6) is 0 Å². The molecule has 5 rings (SSSR count). The standard InChI is InChI=1S/C30H37N3O2S/c1-30(2,3)21-13-15-24-25(19-21)36-29(27(24)28(34)32-22-11-7-6-8-12-22)31-20-23-14-16-26(35-23)33-17-9-4-5-10-18-33/h6-8,11-12,14,16,20-21H,4-5,9-10,13,15,17-19H2,1-3H3,(H,32,34)/t21-/m1/s1. The zero-order valence-corrected chi connectivity index (χ0v) is 22.5. The van der Waals surface area contributed by atoms with Gasteiger partial charge in [0.25, 0.3) is 5.91 Å². The predicted molar refractivity (Wildman–Crippen MR) is 150 cm³/mol. The van der Waals surface area contributed by atoms with E-state index in [2.05, 4.69) is 31.0 Å². The largest absolute Gasteiger partial charge is 0.440 e. The highest BCUT2D eigenvalue weighted by atomic mass is 32.1. The molecule has 3 aromatic rings. The van der Waals surface area contributed by atoms with Crippen LogP contribution in [-0.4, -0.2) is 25.2 Å². The van der Waals surface area contributed by atoms with E-state index in [0.717, 1.165) is 60.2 Å². The van der Waals surface area contributed by atoms with Gasteiger partial charge in [-0.3, -0.25) is 4.79 Å². The van der Waals surface area contributed by atoms with Gasteiger partial charge in [0.05, 0.1) is 11.8 Å². The zero-order chi connectivity index (χ0) is 25.1. The average Bonchev–Trinajstić information content (AvgIpc) is 3.38. The molecule has 0 radical (unpaired) electrons. The van der Waals surface area contributed by atoms with Crippen molar-refractivity contribution in [2.45, 2.75) is 65.7 Å². The molecule has 1 aliphatic heterocycles. The first-order chi connectivity index (χ1) is 17.4. The van der Waals surface area contributed by atoms with Gasteiger partial charge in [-0.2, -0.15) is 0 Å². The number of nitrogens with one attached hydrogen (secondary N) is 1. The van der Waals surface area contributed by atoms with E-state index in [-0.39, 0.29) is 11.3 Å². The number of nitrogens with zero attached hydrogens (tertiary/aromatic N) is 2. The smallest absolute Gasteiger partial charge is 0.259 e. The monoisotopic (exact) mass is 503 g/mol. The summed E-state index contributed by atoms with van der Waals surface area (Å²) < 4.78 is 6.14. The molecule has 1 amide bonds. The van der Waals surface area contributed by atoms with Gasteiger partial charge in [0.15, 0.2) is 5.88 Å². The average molecular weight is 504 g/mol. The summed E-state index contributed by atoms with van der Waals surface area (Å²) in [5.74, 6) is 2.16. The van der Waals surface area contributed by atoms with Gasteiger partial charge in [-0.25, -0.2) is 4.99 Å². The molecule has 0 spiro atoms. The van der Waals surface area contributed by atoms with Gasteiger partial charge in [-0.15, -0.1) is 11.3 Å². The Morgan fingerprint density at radius 1 is 1.08 bits per heavy atom. The van der Waals surface area contributed by atoms with E-state index in [9.17, 15) is 4.79 Å². The van der Waals surface area contributed by atoms with Gasteiger partial charge in [-0.1, -0.05) is 51.8 Å². The third-order valence-electron chi connectivity index (χ3n) is 7.57. The number of carbonyl (C=O) groups is 1. The minimum Gasteiger partial charge on any atom is -0.440 e. The second-order valence-electron chi connectivity index (χ2n) is 11.1. The molecule has 1 fully saturated rings. The van der Waals surface area contributed by atoms with Crippen LogP contribution in [0.1, 0.15) is 79.4 Å². The van der Waals surface area contributed by atoms with Gasteiger partial charge in [0.2, 0.25) is 0 Å². The molecule has 1 saturated heterocycles. The van der Waals surface area contributed by atoms with E-state index in [4.69, 9.17) is 9.41 Å². The van der Waals surface area contributed by atoms with Crippen molar-refractivity contribution >= 4 is 40.0 Å². The number of thiophene rings is 1. The van der Waals surface area contributed by atoms with Crippen molar-refractivity contribution in [1.29, 1.82) is 0 Å². The summed E-state index contributed by atoms with van der Waals surface area (Å²) in [6.45, 7) is 9.03. The molecule has 1 aromatic carbocycles. The van der Waals surface area contributed by atoms with E-state index >= 15 is 0 Å². The van der Waals surface area contributed by atoms with Gasteiger partial charge in [0, 0.05) is 29.7 Å². The first-order valence-corrected chi connectivity index (χ1v) is 14.1. The lowest BCUT2D eigenvalue weighted by molar-refractivity contribution is 0.102. The Hall–Kier alpha value is -2.86. The maximum atomic E-state index is 13.5. The molecule has 0 saturated carbocycles. The Kier molecular flexibility index (Phi) is 7.33. The number of hydrogen-bond donors (Lipinski definition) is 1. The molecule has 0 unspecified atom stereocenters. The number of rotatable bonds is 5. The van der Waals surface area contributed by atoms with Crippen molar-refractivity contribution in [3.63, 3.8) is 0 Å². The number of furan rings is 1. The van der Waals surface area contributed by atoms with Gasteiger partial charge >= 0.3 is 0 Å². The molecular formula is C30H37N3O2S. The number of hydrogen-bond acceptors (Lipinski definition) is 5. The van der Waals surface area contributed by atoms with Crippen LogP contribution in [0.4, 0.5) is 16.6 Å². The summed E-state index contributed by atoms with van der Waals surface area (Å²) in [6, 6.07) is 13.7. The highest BCUT2D eigenvalue weighted by Crippen LogP contribution is 2.45. The van der Waals surface area contributed by atoms with Crippen LogP contribution in [0.15, 0.2) is 51.9 Å². The molecule has 1 atom stereocenters. The number of para-hydroxylation sites is 1. The zero-order valence-electron chi connectivity index (χ0n) is 21.7. The van der Waals surface area contributed by atoms with Gasteiger partial charge < -0.3 is 14.6 Å². The van der Waals surface area contributed by atoms with E-state index in [1.807, 2.05) is 42.5 Å². The summed E-state index contributed by atoms with van der Waals surface area (Å²) in [4.78, 5) is 22.0. The predicted octanol–water partition coefficient (Wildman–Crippen LogP) is 7.88. The van der Waals surface area contributed by atoms with Gasteiger partial charge in [0.1, 0.15) is 10.8 Å². The van der Waals surface area contributed by atoms with Crippen molar-refractivity contribution in [2.24, 2.45) is 16.3 Å². The van der Waals surface area contributed by atoms with Crippen molar-refractivity contribution < 1.29 is 9.21 Å². The van der Waals surface area contributed by atoms with Crippen LogP contribution < -0.4 is 10.2 Å².